The van der Waals surface area contributed by atoms with Crippen molar-refractivity contribution in [3.63, 3.8) is 0 Å². The Morgan fingerprint density at radius 1 is 1.18 bits per heavy atom. The summed E-state index contributed by atoms with van der Waals surface area (Å²) in [6, 6.07) is 5.35. The number of piperazine rings is 1. The van der Waals surface area contributed by atoms with Crippen molar-refractivity contribution in [2.45, 2.75) is 45.3 Å². The Labute approximate surface area is 164 Å². The van der Waals surface area contributed by atoms with E-state index in [1.54, 1.807) is 25.1 Å². The van der Waals surface area contributed by atoms with Crippen molar-refractivity contribution >= 4 is 12.0 Å². The van der Waals surface area contributed by atoms with E-state index in [9.17, 15) is 13.6 Å². The molecule has 0 bridgehead atoms. The molecular formula is C21H28F2N2O3. The highest BCUT2D eigenvalue weighted by Gasteiger charge is 2.27. The molecule has 1 saturated carbocycles. The molecule has 0 atom stereocenters. The van der Waals surface area contributed by atoms with E-state index >= 15 is 0 Å². The topological polar surface area (TPSA) is 42.0 Å². The number of halogens is 2. The van der Waals surface area contributed by atoms with Gasteiger partial charge in [-0.1, -0.05) is 18.9 Å². The first-order chi connectivity index (χ1) is 13.6. The van der Waals surface area contributed by atoms with E-state index in [1.165, 1.54) is 37.8 Å². The minimum absolute atomic E-state index is 0.0108. The van der Waals surface area contributed by atoms with Gasteiger partial charge in [0.05, 0.1) is 6.61 Å². The second kappa shape index (κ2) is 9.87. The lowest BCUT2D eigenvalue weighted by molar-refractivity contribution is -0.128. The van der Waals surface area contributed by atoms with Crippen molar-refractivity contribution in [2.75, 3.05) is 32.8 Å². The fourth-order valence-corrected chi connectivity index (χ4v) is 3.94. The fraction of sp³-hybridized carbons (Fsp3) is 0.571. The van der Waals surface area contributed by atoms with Gasteiger partial charge in [0.25, 0.3) is 0 Å². The maximum absolute atomic E-state index is 12.5. The van der Waals surface area contributed by atoms with Crippen molar-refractivity contribution in [2.24, 2.45) is 0 Å². The molecule has 0 spiro atoms. The summed E-state index contributed by atoms with van der Waals surface area (Å²) in [6.07, 6.45) is 8.40. The summed E-state index contributed by atoms with van der Waals surface area (Å²) in [5.74, 6) is 0.197. The lowest BCUT2D eigenvalue weighted by Crippen LogP contribution is -2.51. The van der Waals surface area contributed by atoms with Crippen LogP contribution in [0.5, 0.6) is 11.5 Å². The molecule has 1 aromatic rings. The van der Waals surface area contributed by atoms with Crippen LogP contribution in [0.4, 0.5) is 8.78 Å². The SMILES string of the molecule is CCOc1cc(/C=C/C(=O)N2CCN(C3CCCC3)CC2)ccc1OC(F)F. The van der Waals surface area contributed by atoms with Gasteiger partial charge < -0.3 is 14.4 Å². The Morgan fingerprint density at radius 2 is 1.89 bits per heavy atom. The summed E-state index contributed by atoms with van der Waals surface area (Å²) < 4.78 is 34.8. The smallest absolute Gasteiger partial charge is 0.387 e. The van der Waals surface area contributed by atoms with Crippen molar-refractivity contribution in [1.82, 2.24) is 9.80 Å². The number of hydrogen-bond acceptors (Lipinski definition) is 4. The molecule has 0 aromatic heterocycles. The molecule has 0 unspecified atom stereocenters. The molecule has 1 aliphatic carbocycles. The van der Waals surface area contributed by atoms with Gasteiger partial charge in [-0.05, 0) is 43.5 Å². The molecule has 2 aliphatic rings. The highest BCUT2D eigenvalue weighted by atomic mass is 19.3. The van der Waals surface area contributed by atoms with Crippen LogP contribution >= 0.6 is 0 Å². The van der Waals surface area contributed by atoms with Crippen LogP contribution in [0.15, 0.2) is 24.3 Å². The monoisotopic (exact) mass is 394 g/mol. The predicted octanol–water partition coefficient (Wildman–Crippen LogP) is 3.79. The lowest BCUT2D eigenvalue weighted by Gasteiger charge is -2.37. The van der Waals surface area contributed by atoms with E-state index in [1.807, 2.05) is 4.90 Å². The van der Waals surface area contributed by atoms with Gasteiger partial charge in [0.15, 0.2) is 11.5 Å². The van der Waals surface area contributed by atoms with Crippen LogP contribution in [-0.2, 0) is 4.79 Å². The zero-order valence-electron chi connectivity index (χ0n) is 16.3. The highest BCUT2D eigenvalue weighted by molar-refractivity contribution is 5.92. The van der Waals surface area contributed by atoms with Crippen molar-refractivity contribution < 1.29 is 23.0 Å². The lowest BCUT2D eigenvalue weighted by atomic mass is 10.1. The predicted molar refractivity (Wildman–Crippen MR) is 104 cm³/mol. The standard InChI is InChI=1S/C21H28F2N2O3/c1-2-27-19-15-16(7-9-18(19)28-21(22)23)8-10-20(26)25-13-11-24(12-14-25)17-5-3-4-6-17/h7-10,15,17,21H,2-6,11-14H2,1H3/b10-8+. The van der Waals surface area contributed by atoms with Crippen molar-refractivity contribution in [3.8, 4) is 11.5 Å². The molecule has 5 nitrogen and oxygen atoms in total. The van der Waals surface area contributed by atoms with Crippen LogP contribution in [0.2, 0.25) is 0 Å². The quantitative estimate of drug-likeness (QED) is 0.660. The van der Waals surface area contributed by atoms with E-state index in [-0.39, 0.29) is 17.4 Å². The number of hydrogen-bond donors (Lipinski definition) is 0. The second-order valence-corrected chi connectivity index (χ2v) is 7.15. The molecule has 0 radical (unpaired) electrons. The molecule has 1 aliphatic heterocycles. The van der Waals surface area contributed by atoms with Crippen LogP contribution < -0.4 is 9.47 Å². The maximum Gasteiger partial charge on any atom is 0.387 e. The molecule has 1 saturated heterocycles. The summed E-state index contributed by atoms with van der Waals surface area (Å²) >= 11 is 0. The second-order valence-electron chi connectivity index (χ2n) is 7.15. The first kappa shape index (κ1) is 20.6. The van der Waals surface area contributed by atoms with Gasteiger partial charge in [0.1, 0.15) is 0 Å². The van der Waals surface area contributed by atoms with Gasteiger partial charge >= 0.3 is 6.61 Å². The minimum Gasteiger partial charge on any atom is -0.490 e. The van der Waals surface area contributed by atoms with Crippen LogP contribution in [0, 0.1) is 0 Å². The van der Waals surface area contributed by atoms with Crippen LogP contribution in [0.3, 0.4) is 0 Å². The third kappa shape index (κ3) is 5.44. The molecule has 154 valence electrons. The molecule has 1 amide bonds. The molecule has 28 heavy (non-hydrogen) atoms. The number of rotatable bonds is 7. The molecule has 3 rings (SSSR count). The van der Waals surface area contributed by atoms with E-state index in [0.717, 1.165) is 26.2 Å². The number of alkyl halides is 2. The van der Waals surface area contributed by atoms with Crippen LogP contribution in [-0.4, -0.2) is 61.1 Å². The summed E-state index contributed by atoms with van der Waals surface area (Å²) in [4.78, 5) is 16.9. The van der Waals surface area contributed by atoms with Gasteiger partial charge in [-0.3, -0.25) is 9.69 Å². The average molecular weight is 394 g/mol. The Kier molecular flexibility index (Phi) is 7.25. The molecule has 1 heterocycles. The third-order valence-corrected chi connectivity index (χ3v) is 5.37. The molecule has 7 heteroatoms. The van der Waals surface area contributed by atoms with E-state index in [4.69, 9.17) is 4.74 Å². The Hall–Kier alpha value is -2.15. The number of carbonyl (C=O) groups is 1. The first-order valence-corrected chi connectivity index (χ1v) is 9.99. The number of ether oxygens (including phenoxy) is 2. The first-order valence-electron chi connectivity index (χ1n) is 9.99. The van der Waals surface area contributed by atoms with Crippen LogP contribution in [0.1, 0.15) is 38.2 Å². The third-order valence-electron chi connectivity index (χ3n) is 5.37. The van der Waals surface area contributed by atoms with Crippen molar-refractivity contribution in [1.29, 1.82) is 0 Å². The zero-order valence-corrected chi connectivity index (χ0v) is 16.3. The Morgan fingerprint density at radius 3 is 2.54 bits per heavy atom. The van der Waals surface area contributed by atoms with Crippen LogP contribution in [0.25, 0.3) is 6.08 Å². The van der Waals surface area contributed by atoms with Gasteiger partial charge in [0.2, 0.25) is 5.91 Å². The average Bonchev–Trinajstić information content (AvgIpc) is 3.22. The highest BCUT2D eigenvalue weighted by Crippen LogP contribution is 2.30. The van der Waals surface area contributed by atoms with Gasteiger partial charge in [-0.15, -0.1) is 0 Å². The summed E-state index contributed by atoms with van der Waals surface area (Å²) in [6.45, 7) is 2.53. The van der Waals surface area contributed by atoms with E-state index in [2.05, 4.69) is 9.64 Å². The Balaban J connectivity index is 1.57. The largest absolute Gasteiger partial charge is 0.490 e. The van der Waals surface area contributed by atoms with E-state index in [0.29, 0.717) is 18.2 Å². The maximum atomic E-state index is 12.5. The molecular weight excluding hydrogens is 366 g/mol. The summed E-state index contributed by atoms with van der Waals surface area (Å²) in [7, 11) is 0. The number of amides is 1. The van der Waals surface area contributed by atoms with Gasteiger partial charge in [0, 0.05) is 38.3 Å². The minimum atomic E-state index is -2.91. The number of benzene rings is 1. The summed E-state index contributed by atoms with van der Waals surface area (Å²) in [5.41, 5.74) is 0.697. The Bertz CT molecular complexity index is 682. The van der Waals surface area contributed by atoms with Gasteiger partial charge in [-0.25, -0.2) is 0 Å². The summed E-state index contributed by atoms with van der Waals surface area (Å²) in [5, 5.41) is 0. The van der Waals surface area contributed by atoms with Gasteiger partial charge in [-0.2, -0.15) is 8.78 Å². The number of nitrogens with zero attached hydrogens (tertiary/aromatic N) is 2. The fourth-order valence-electron chi connectivity index (χ4n) is 3.94. The number of carbonyl (C=O) groups excluding carboxylic acids is 1. The molecule has 1 aromatic carbocycles. The normalized spacial score (nSPS) is 18.9. The van der Waals surface area contributed by atoms with E-state index < -0.39 is 6.61 Å². The molecule has 2 fully saturated rings. The zero-order chi connectivity index (χ0) is 19.9. The molecule has 0 N–H and O–H groups in total. The van der Waals surface area contributed by atoms with Crippen molar-refractivity contribution in [3.05, 3.63) is 29.8 Å².